The Morgan fingerprint density at radius 2 is 1.87 bits per heavy atom. The first-order valence-corrected chi connectivity index (χ1v) is 6.91. The van der Waals surface area contributed by atoms with Gasteiger partial charge in [0, 0.05) is 18.3 Å². The van der Waals surface area contributed by atoms with Gasteiger partial charge in [0.2, 0.25) is 0 Å². The van der Waals surface area contributed by atoms with Gasteiger partial charge in [0.05, 0.1) is 5.69 Å². The third-order valence-corrected chi connectivity index (χ3v) is 3.02. The molecule has 0 amide bonds. The molecule has 2 rings (SSSR count). The van der Waals surface area contributed by atoms with Crippen LogP contribution in [0.2, 0.25) is 0 Å². The minimum absolute atomic E-state index is 0.697. The van der Waals surface area contributed by atoms with Gasteiger partial charge < -0.3 is 10.2 Å². The van der Waals surface area contributed by atoms with Crippen molar-refractivity contribution in [1.82, 2.24) is 4.98 Å². The molecular weight excluding hydrogens is 294 g/mol. The van der Waals surface area contributed by atoms with E-state index in [1.54, 1.807) is 18.3 Å². The average molecular weight is 309 g/mol. The summed E-state index contributed by atoms with van der Waals surface area (Å²) in [6.45, 7) is 0. The van der Waals surface area contributed by atoms with Crippen LogP contribution < -0.4 is 0 Å². The number of hydrogen-bond donors (Lipinski definition) is 2. The van der Waals surface area contributed by atoms with Gasteiger partial charge in [-0.3, -0.25) is 4.98 Å². The van der Waals surface area contributed by atoms with Gasteiger partial charge in [-0.25, -0.2) is 9.59 Å². The molecule has 23 heavy (non-hydrogen) atoms. The van der Waals surface area contributed by atoms with E-state index in [0.717, 1.165) is 28.9 Å². The van der Waals surface area contributed by atoms with Crippen LogP contribution in [0.3, 0.4) is 0 Å². The van der Waals surface area contributed by atoms with Gasteiger partial charge >= 0.3 is 11.9 Å². The molecule has 0 aliphatic heterocycles. The Morgan fingerprint density at radius 3 is 2.61 bits per heavy atom. The molecule has 0 fully saturated rings. The molecule has 1 aromatic rings. The molecule has 0 spiro atoms. The van der Waals surface area contributed by atoms with Gasteiger partial charge in [-0.2, -0.15) is 0 Å². The van der Waals surface area contributed by atoms with E-state index in [4.69, 9.17) is 10.2 Å². The fraction of sp³-hybridized carbons (Fsp3) is 0.0556. The van der Waals surface area contributed by atoms with Crippen molar-refractivity contribution >= 4 is 23.6 Å². The standard InChI is InChI=1S/C18H15NO4/c20-17(21)7-5-13-3-1-2-4-15(11-13)16-12-14(9-10-19-16)6-8-18(22)23/h1,3-12H,2H2,(H,20,21)(H,22,23)/b7-5+,8-6+. The van der Waals surface area contributed by atoms with Crippen molar-refractivity contribution in [2.75, 3.05) is 0 Å². The van der Waals surface area contributed by atoms with E-state index in [2.05, 4.69) is 4.98 Å². The number of aromatic nitrogens is 1. The van der Waals surface area contributed by atoms with Crippen LogP contribution in [-0.4, -0.2) is 27.1 Å². The van der Waals surface area contributed by atoms with E-state index in [0.29, 0.717) is 12.1 Å². The fourth-order valence-electron chi connectivity index (χ4n) is 2.01. The van der Waals surface area contributed by atoms with Crippen molar-refractivity contribution in [3.8, 4) is 0 Å². The summed E-state index contributed by atoms with van der Waals surface area (Å²) in [4.78, 5) is 25.5. The number of hydrogen-bond acceptors (Lipinski definition) is 3. The lowest BCUT2D eigenvalue weighted by Crippen LogP contribution is -1.90. The molecule has 2 N–H and O–H groups in total. The molecule has 1 aliphatic carbocycles. The summed E-state index contributed by atoms with van der Waals surface area (Å²) in [7, 11) is 0. The first-order chi connectivity index (χ1) is 11.0. The smallest absolute Gasteiger partial charge is 0.328 e. The van der Waals surface area contributed by atoms with Crippen molar-refractivity contribution in [3.63, 3.8) is 0 Å². The molecule has 0 aromatic carbocycles. The Hall–Kier alpha value is -3.21. The molecular formula is C18H15NO4. The second-order valence-corrected chi connectivity index (χ2v) is 4.76. The van der Waals surface area contributed by atoms with Crippen molar-refractivity contribution in [2.45, 2.75) is 6.42 Å². The molecule has 116 valence electrons. The van der Waals surface area contributed by atoms with Gasteiger partial charge in [0.15, 0.2) is 0 Å². The molecule has 0 saturated heterocycles. The number of aliphatic carboxylic acids is 2. The summed E-state index contributed by atoms with van der Waals surface area (Å²) in [5.41, 5.74) is 3.03. The highest BCUT2D eigenvalue weighted by Gasteiger charge is 2.04. The SMILES string of the molecule is O=C(O)/C=C/C1=CC(c2cc(/C=C/C(=O)O)ccn2)=CCC=C1. The van der Waals surface area contributed by atoms with E-state index in [-0.39, 0.29) is 0 Å². The lowest BCUT2D eigenvalue weighted by Gasteiger charge is -2.03. The van der Waals surface area contributed by atoms with Crippen LogP contribution in [0.25, 0.3) is 11.6 Å². The predicted octanol–water partition coefficient (Wildman–Crippen LogP) is 3.09. The summed E-state index contributed by atoms with van der Waals surface area (Å²) in [6, 6.07) is 3.50. The zero-order valence-corrected chi connectivity index (χ0v) is 12.2. The third-order valence-electron chi connectivity index (χ3n) is 3.02. The Morgan fingerprint density at radius 1 is 1.13 bits per heavy atom. The number of carboxylic acid groups (broad SMARTS) is 2. The minimum atomic E-state index is -1.01. The van der Waals surface area contributed by atoms with Gasteiger partial charge in [-0.1, -0.05) is 18.2 Å². The maximum absolute atomic E-state index is 10.6. The van der Waals surface area contributed by atoms with E-state index < -0.39 is 11.9 Å². The van der Waals surface area contributed by atoms with Crippen molar-refractivity contribution < 1.29 is 19.8 Å². The molecule has 1 aromatic heterocycles. The van der Waals surface area contributed by atoms with E-state index in [1.807, 2.05) is 24.3 Å². The molecule has 5 nitrogen and oxygen atoms in total. The number of carboxylic acids is 2. The van der Waals surface area contributed by atoms with Crippen molar-refractivity contribution in [1.29, 1.82) is 0 Å². The molecule has 0 atom stereocenters. The number of rotatable bonds is 5. The molecule has 0 unspecified atom stereocenters. The van der Waals surface area contributed by atoms with Crippen LogP contribution in [0.1, 0.15) is 17.7 Å². The van der Waals surface area contributed by atoms with Crippen LogP contribution in [0.4, 0.5) is 0 Å². The summed E-state index contributed by atoms with van der Waals surface area (Å²) in [5, 5.41) is 17.4. The maximum Gasteiger partial charge on any atom is 0.328 e. The summed E-state index contributed by atoms with van der Waals surface area (Å²) in [6.07, 6.45) is 15.1. The molecule has 0 bridgehead atoms. The molecule has 0 radical (unpaired) electrons. The minimum Gasteiger partial charge on any atom is -0.478 e. The number of pyridine rings is 1. The number of allylic oxidation sites excluding steroid dienone is 7. The lowest BCUT2D eigenvalue weighted by molar-refractivity contribution is -0.132. The molecule has 1 heterocycles. The van der Waals surface area contributed by atoms with Gasteiger partial charge in [0.25, 0.3) is 0 Å². The Bertz CT molecular complexity index is 767. The Balaban J connectivity index is 2.31. The highest BCUT2D eigenvalue weighted by atomic mass is 16.4. The first-order valence-electron chi connectivity index (χ1n) is 6.91. The normalized spacial score (nSPS) is 14.6. The van der Waals surface area contributed by atoms with E-state index in [1.165, 1.54) is 12.2 Å². The topological polar surface area (TPSA) is 87.5 Å². The van der Waals surface area contributed by atoms with Crippen LogP contribution in [0.15, 0.2) is 66.4 Å². The lowest BCUT2D eigenvalue weighted by atomic mass is 10.1. The summed E-state index contributed by atoms with van der Waals surface area (Å²) < 4.78 is 0. The fourth-order valence-corrected chi connectivity index (χ4v) is 2.01. The van der Waals surface area contributed by atoms with Crippen molar-refractivity contribution in [3.05, 3.63) is 77.7 Å². The van der Waals surface area contributed by atoms with Gasteiger partial charge in [-0.05, 0) is 53.5 Å². The van der Waals surface area contributed by atoms with Gasteiger partial charge in [-0.15, -0.1) is 0 Å². The van der Waals surface area contributed by atoms with Crippen LogP contribution >= 0.6 is 0 Å². The highest BCUT2D eigenvalue weighted by Crippen LogP contribution is 2.21. The van der Waals surface area contributed by atoms with Crippen molar-refractivity contribution in [2.24, 2.45) is 0 Å². The van der Waals surface area contributed by atoms with E-state index in [9.17, 15) is 9.59 Å². The van der Waals surface area contributed by atoms with Crippen LogP contribution in [0, 0.1) is 0 Å². The van der Waals surface area contributed by atoms with Crippen LogP contribution in [0.5, 0.6) is 0 Å². The zero-order chi connectivity index (χ0) is 16.7. The largest absolute Gasteiger partial charge is 0.478 e. The van der Waals surface area contributed by atoms with Crippen LogP contribution in [-0.2, 0) is 9.59 Å². The molecule has 1 aliphatic rings. The second kappa shape index (κ2) is 7.70. The first kappa shape index (κ1) is 16.2. The number of carbonyl (C=O) groups is 2. The number of nitrogens with zero attached hydrogens (tertiary/aromatic N) is 1. The molecule has 5 heteroatoms. The Labute approximate surface area is 133 Å². The quantitative estimate of drug-likeness (QED) is 0.816. The summed E-state index contributed by atoms with van der Waals surface area (Å²) in [5.74, 6) is -2.02. The highest BCUT2D eigenvalue weighted by molar-refractivity contribution is 5.86. The predicted molar refractivity (Wildman–Crippen MR) is 87.5 cm³/mol. The molecule has 0 saturated carbocycles. The zero-order valence-electron chi connectivity index (χ0n) is 12.2. The maximum atomic E-state index is 10.6. The second-order valence-electron chi connectivity index (χ2n) is 4.76. The summed E-state index contributed by atoms with van der Waals surface area (Å²) >= 11 is 0. The van der Waals surface area contributed by atoms with Gasteiger partial charge in [0.1, 0.15) is 0 Å². The third kappa shape index (κ3) is 5.24. The Kier molecular flexibility index (Phi) is 5.41. The monoisotopic (exact) mass is 309 g/mol. The average Bonchev–Trinajstić information content (AvgIpc) is 2.77. The van der Waals surface area contributed by atoms with E-state index >= 15 is 0 Å².